The molecule has 2 aromatic heterocycles. The second-order valence-electron chi connectivity index (χ2n) is 5.85. The van der Waals surface area contributed by atoms with Crippen LogP contribution in [0.2, 0.25) is 0 Å². The van der Waals surface area contributed by atoms with Crippen LogP contribution in [-0.4, -0.2) is 71.4 Å². The molecule has 0 unspecified atom stereocenters. The zero-order valence-corrected chi connectivity index (χ0v) is 14.4. The van der Waals surface area contributed by atoms with Gasteiger partial charge in [0.15, 0.2) is 0 Å². The smallest absolute Gasteiger partial charge is 0.272 e. The molecule has 0 aliphatic carbocycles. The summed E-state index contributed by atoms with van der Waals surface area (Å²) in [6.45, 7) is 2.27. The molecule has 7 heteroatoms. The maximum Gasteiger partial charge on any atom is 0.272 e. The van der Waals surface area contributed by atoms with Crippen LogP contribution in [0, 0.1) is 0 Å². The molecule has 1 N–H and O–H groups in total. The average Bonchev–Trinajstić information content (AvgIpc) is 2.60. The molecule has 0 bridgehead atoms. The van der Waals surface area contributed by atoms with Gasteiger partial charge in [-0.3, -0.25) is 9.78 Å². The van der Waals surface area contributed by atoms with Crippen LogP contribution in [0.1, 0.15) is 16.1 Å². The van der Waals surface area contributed by atoms with Crippen LogP contribution in [0.5, 0.6) is 0 Å². The van der Waals surface area contributed by atoms with E-state index in [1.54, 1.807) is 30.4 Å². The van der Waals surface area contributed by atoms with Crippen molar-refractivity contribution in [2.75, 3.05) is 46.1 Å². The quantitative estimate of drug-likeness (QED) is 0.784. The number of pyridine rings is 1. The summed E-state index contributed by atoms with van der Waals surface area (Å²) in [6.07, 6.45) is 5.71. The number of aromatic nitrogens is 3. The van der Waals surface area contributed by atoms with Gasteiger partial charge >= 0.3 is 0 Å². The lowest BCUT2D eigenvalue weighted by Gasteiger charge is -2.17. The SMILES string of the molecule is CN(C)CCNc1cc(C(=O)N(C)CCc2ccncc2)ncn1. The first-order valence-corrected chi connectivity index (χ1v) is 7.91. The normalized spacial score (nSPS) is 10.7. The summed E-state index contributed by atoms with van der Waals surface area (Å²) in [5.41, 5.74) is 1.55. The Morgan fingerprint density at radius 1 is 1.12 bits per heavy atom. The van der Waals surface area contributed by atoms with Crippen molar-refractivity contribution in [3.05, 3.63) is 48.2 Å². The summed E-state index contributed by atoms with van der Waals surface area (Å²) < 4.78 is 0. The van der Waals surface area contributed by atoms with Crippen LogP contribution in [-0.2, 0) is 6.42 Å². The van der Waals surface area contributed by atoms with Gasteiger partial charge in [0.2, 0.25) is 0 Å². The molecule has 7 nitrogen and oxygen atoms in total. The number of carbonyl (C=O) groups excluding carboxylic acids is 1. The van der Waals surface area contributed by atoms with Gasteiger partial charge in [0.25, 0.3) is 5.91 Å². The maximum absolute atomic E-state index is 12.5. The van der Waals surface area contributed by atoms with Crippen LogP contribution in [0.4, 0.5) is 5.82 Å². The third-order valence-electron chi connectivity index (χ3n) is 3.58. The van der Waals surface area contributed by atoms with Crippen molar-refractivity contribution in [2.24, 2.45) is 0 Å². The molecular formula is C17H24N6O. The predicted molar refractivity (Wildman–Crippen MR) is 94.0 cm³/mol. The molecule has 2 aromatic rings. The van der Waals surface area contributed by atoms with Crippen LogP contribution in [0.3, 0.4) is 0 Å². The lowest BCUT2D eigenvalue weighted by molar-refractivity contribution is 0.0790. The summed E-state index contributed by atoms with van der Waals surface area (Å²) in [5, 5.41) is 3.20. The van der Waals surface area contributed by atoms with E-state index in [-0.39, 0.29) is 5.91 Å². The average molecular weight is 328 g/mol. The van der Waals surface area contributed by atoms with Crippen molar-refractivity contribution >= 4 is 11.7 Å². The van der Waals surface area contributed by atoms with Gasteiger partial charge in [-0.2, -0.15) is 0 Å². The number of carbonyl (C=O) groups is 1. The molecule has 0 saturated heterocycles. The fraction of sp³-hybridized carbons (Fsp3) is 0.412. The lowest BCUT2D eigenvalue weighted by atomic mass is 10.2. The van der Waals surface area contributed by atoms with Gasteiger partial charge in [0.05, 0.1) is 0 Å². The van der Waals surface area contributed by atoms with E-state index in [0.29, 0.717) is 18.1 Å². The van der Waals surface area contributed by atoms with Gasteiger partial charge in [-0.15, -0.1) is 0 Å². The minimum absolute atomic E-state index is 0.109. The van der Waals surface area contributed by atoms with E-state index >= 15 is 0 Å². The Labute approximate surface area is 142 Å². The standard InChI is InChI=1S/C17H24N6O/c1-22(2)11-9-19-16-12-15(20-13-21-16)17(24)23(3)10-6-14-4-7-18-8-5-14/h4-5,7-8,12-13H,6,9-11H2,1-3H3,(H,19,20,21). The third-order valence-corrected chi connectivity index (χ3v) is 3.58. The molecule has 0 saturated carbocycles. The van der Waals surface area contributed by atoms with Gasteiger partial charge in [-0.05, 0) is 38.2 Å². The van der Waals surface area contributed by atoms with Crippen LogP contribution >= 0.6 is 0 Å². The van der Waals surface area contributed by atoms with Crippen molar-refractivity contribution in [3.8, 4) is 0 Å². The van der Waals surface area contributed by atoms with Gasteiger partial charge in [0, 0.05) is 45.1 Å². The highest BCUT2D eigenvalue weighted by Gasteiger charge is 2.14. The van der Waals surface area contributed by atoms with E-state index in [9.17, 15) is 4.79 Å². The van der Waals surface area contributed by atoms with Crippen LogP contribution in [0.25, 0.3) is 0 Å². The monoisotopic (exact) mass is 328 g/mol. The number of rotatable bonds is 8. The second kappa shape index (κ2) is 8.93. The Bertz CT molecular complexity index is 647. The van der Waals surface area contributed by atoms with E-state index in [2.05, 4.69) is 25.2 Å². The number of nitrogens with zero attached hydrogens (tertiary/aromatic N) is 5. The van der Waals surface area contributed by atoms with Crippen molar-refractivity contribution in [1.82, 2.24) is 24.8 Å². The molecule has 0 spiro atoms. The van der Waals surface area contributed by atoms with E-state index in [0.717, 1.165) is 25.1 Å². The molecule has 0 atom stereocenters. The Morgan fingerprint density at radius 3 is 2.58 bits per heavy atom. The Hall–Kier alpha value is -2.54. The number of nitrogens with one attached hydrogen (secondary N) is 1. The van der Waals surface area contributed by atoms with Gasteiger partial charge in [-0.1, -0.05) is 0 Å². The minimum Gasteiger partial charge on any atom is -0.369 e. The van der Waals surface area contributed by atoms with Crippen molar-refractivity contribution in [1.29, 1.82) is 0 Å². The lowest BCUT2D eigenvalue weighted by Crippen LogP contribution is -2.29. The molecule has 2 heterocycles. The molecule has 0 radical (unpaired) electrons. The molecule has 0 aliphatic heterocycles. The largest absolute Gasteiger partial charge is 0.369 e. The fourth-order valence-corrected chi connectivity index (χ4v) is 2.12. The summed E-state index contributed by atoms with van der Waals surface area (Å²) in [5.74, 6) is 0.555. The Kier molecular flexibility index (Phi) is 6.62. The van der Waals surface area contributed by atoms with E-state index < -0.39 is 0 Å². The fourth-order valence-electron chi connectivity index (χ4n) is 2.12. The summed E-state index contributed by atoms with van der Waals surface area (Å²) in [7, 11) is 5.80. The summed E-state index contributed by atoms with van der Waals surface area (Å²) in [4.78, 5) is 28.5. The van der Waals surface area contributed by atoms with Gasteiger partial charge in [0.1, 0.15) is 17.8 Å². The highest BCUT2D eigenvalue weighted by Crippen LogP contribution is 2.07. The van der Waals surface area contributed by atoms with Crippen molar-refractivity contribution < 1.29 is 4.79 Å². The van der Waals surface area contributed by atoms with E-state index in [1.165, 1.54) is 6.33 Å². The zero-order valence-electron chi connectivity index (χ0n) is 14.4. The molecule has 128 valence electrons. The first-order chi connectivity index (χ1) is 11.6. The zero-order chi connectivity index (χ0) is 17.4. The highest BCUT2D eigenvalue weighted by atomic mass is 16.2. The van der Waals surface area contributed by atoms with Crippen molar-refractivity contribution in [2.45, 2.75) is 6.42 Å². The van der Waals surface area contributed by atoms with Crippen molar-refractivity contribution in [3.63, 3.8) is 0 Å². The third kappa shape index (κ3) is 5.58. The highest BCUT2D eigenvalue weighted by molar-refractivity contribution is 5.92. The second-order valence-corrected chi connectivity index (χ2v) is 5.85. The molecule has 0 aromatic carbocycles. The first kappa shape index (κ1) is 17.8. The Morgan fingerprint density at radius 2 is 1.88 bits per heavy atom. The van der Waals surface area contributed by atoms with Crippen LogP contribution < -0.4 is 5.32 Å². The summed E-state index contributed by atoms with van der Waals surface area (Å²) in [6, 6.07) is 5.60. The molecule has 0 aliphatic rings. The Balaban J connectivity index is 1.90. The number of amides is 1. The van der Waals surface area contributed by atoms with Crippen LogP contribution in [0.15, 0.2) is 36.9 Å². The molecular weight excluding hydrogens is 304 g/mol. The molecule has 0 fully saturated rings. The number of hydrogen-bond acceptors (Lipinski definition) is 6. The van der Waals surface area contributed by atoms with E-state index in [4.69, 9.17) is 0 Å². The summed E-state index contributed by atoms with van der Waals surface area (Å²) >= 11 is 0. The minimum atomic E-state index is -0.109. The number of anilines is 1. The van der Waals surface area contributed by atoms with Gasteiger partial charge in [-0.25, -0.2) is 9.97 Å². The topological polar surface area (TPSA) is 74.2 Å². The maximum atomic E-state index is 12.5. The number of likely N-dealkylation sites (N-methyl/N-ethyl adjacent to an activating group) is 2. The first-order valence-electron chi connectivity index (χ1n) is 7.91. The van der Waals surface area contributed by atoms with Gasteiger partial charge < -0.3 is 15.1 Å². The molecule has 2 rings (SSSR count). The number of hydrogen-bond donors (Lipinski definition) is 1. The predicted octanol–water partition coefficient (Wildman–Crippen LogP) is 1.16. The molecule has 1 amide bonds. The molecule has 24 heavy (non-hydrogen) atoms. The van der Waals surface area contributed by atoms with E-state index in [1.807, 2.05) is 26.2 Å².